The second-order valence-corrected chi connectivity index (χ2v) is 8.87. The summed E-state index contributed by atoms with van der Waals surface area (Å²) >= 11 is 6.47. The van der Waals surface area contributed by atoms with Crippen LogP contribution in [0.5, 0.6) is 5.75 Å². The summed E-state index contributed by atoms with van der Waals surface area (Å²) in [5, 5.41) is 13.6. The molecule has 2 aromatic rings. The summed E-state index contributed by atoms with van der Waals surface area (Å²) in [7, 11) is 0. The average molecular weight is 515 g/mol. The lowest BCUT2D eigenvalue weighted by Gasteiger charge is -2.42. The Morgan fingerprint density at radius 3 is 2.39 bits per heavy atom. The van der Waals surface area contributed by atoms with Crippen molar-refractivity contribution < 1.29 is 23.8 Å². The highest BCUT2D eigenvalue weighted by Crippen LogP contribution is 2.44. The van der Waals surface area contributed by atoms with E-state index in [2.05, 4.69) is 37.2 Å². The number of carbonyl (C=O) groups is 2. The molecule has 0 spiro atoms. The van der Waals surface area contributed by atoms with E-state index < -0.39 is 29.5 Å². The van der Waals surface area contributed by atoms with Gasteiger partial charge in [-0.25, -0.2) is 4.39 Å². The summed E-state index contributed by atoms with van der Waals surface area (Å²) < 4.78 is 20.1. The van der Waals surface area contributed by atoms with Crippen LogP contribution in [-0.2, 0) is 0 Å². The van der Waals surface area contributed by atoms with Crippen molar-refractivity contribution in [3.8, 4) is 5.75 Å². The molecule has 1 amide bonds. The van der Waals surface area contributed by atoms with Gasteiger partial charge in [0.1, 0.15) is 23.3 Å². The molecule has 0 unspecified atom stereocenters. The van der Waals surface area contributed by atoms with Crippen molar-refractivity contribution >= 4 is 43.6 Å². The Kier molecular flexibility index (Phi) is 5.67. The number of halogens is 3. The molecule has 0 saturated carbocycles. The Morgan fingerprint density at radius 2 is 1.79 bits per heavy atom. The van der Waals surface area contributed by atoms with Crippen molar-refractivity contribution in [2.75, 3.05) is 0 Å². The Bertz CT molecular complexity index is 977. The van der Waals surface area contributed by atoms with Crippen LogP contribution >= 0.6 is 31.9 Å². The standard InChI is InChI=1S/C20H18Br2FNO4/c1-9(25)11-6-12-16(18(26)20(2,3)28-17(12)14(22)8-11)24-19(27)10-4-5-15(23)13(21)7-10/h4-8,16,18,26H,1-3H3,(H,24,27)/t16-,18-/m0/s1. The first-order valence-electron chi connectivity index (χ1n) is 8.48. The van der Waals surface area contributed by atoms with Gasteiger partial charge in [-0.05, 0) is 83.0 Å². The Labute approximate surface area is 178 Å². The summed E-state index contributed by atoms with van der Waals surface area (Å²) in [6, 6.07) is 6.32. The number of aliphatic hydroxyl groups excluding tert-OH is 1. The van der Waals surface area contributed by atoms with E-state index in [0.717, 1.165) is 0 Å². The lowest BCUT2D eigenvalue weighted by Crippen LogP contribution is -2.53. The Hall–Kier alpha value is -1.77. The molecule has 5 nitrogen and oxygen atoms in total. The number of benzene rings is 2. The minimum Gasteiger partial charge on any atom is -0.484 e. The number of ether oxygens (including phenoxy) is 1. The van der Waals surface area contributed by atoms with Crippen LogP contribution in [0.25, 0.3) is 0 Å². The highest BCUT2D eigenvalue weighted by Gasteiger charge is 2.44. The number of aliphatic hydroxyl groups is 1. The fourth-order valence-electron chi connectivity index (χ4n) is 3.07. The van der Waals surface area contributed by atoms with Crippen molar-refractivity contribution in [3.05, 3.63) is 61.8 Å². The maximum absolute atomic E-state index is 13.5. The number of hydrogen-bond donors (Lipinski definition) is 2. The number of rotatable bonds is 3. The zero-order valence-corrected chi connectivity index (χ0v) is 18.5. The largest absolute Gasteiger partial charge is 0.484 e. The summed E-state index contributed by atoms with van der Waals surface area (Å²) in [5.74, 6) is -0.678. The van der Waals surface area contributed by atoms with Gasteiger partial charge < -0.3 is 15.2 Å². The van der Waals surface area contributed by atoms with Crippen LogP contribution in [-0.4, -0.2) is 28.5 Å². The summed E-state index contributed by atoms with van der Waals surface area (Å²) in [6.07, 6.45) is -1.08. The SMILES string of the molecule is CC(=O)c1cc(Br)c2c(c1)[C@H](NC(=O)c1ccc(F)c(Br)c1)[C@H](O)C(C)(C)O2. The third-order valence-electron chi connectivity index (χ3n) is 4.68. The van der Waals surface area contributed by atoms with Gasteiger partial charge in [-0.3, -0.25) is 9.59 Å². The van der Waals surface area contributed by atoms with Crippen molar-refractivity contribution in [1.29, 1.82) is 0 Å². The number of carbonyl (C=O) groups excluding carboxylic acids is 2. The van der Waals surface area contributed by atoms with Gasteiger partial charge >= 0.3 is 0 Å². The fraction of sp³-hybridized carbons (Fsp3) is 0.300. The number of Topliss-reactive ketones (excluding diaryl/α,β-unsaturated/α-hetero) is 1. The molecule has 2 atom stereocenters. The van der Waals surface area contributed by atoms with Gasteiger partial charge in [0.2, 0.25) is 0 Å². The minimum atomic E-state index is -1.08. The van der Waals surface area contributed by atoms with Crippen LogP contribution in [0.4, 0.5) is 4.39 Å². The van der Waals surface area contributed by atoms with E-state index in [1.807, 2.05) is 0 Å². The Balaban J connectivity index is 2.05. The van der Waals surface area contributed by atoms with Gasteiger partial charge in [0, 0.05) is 16.7 Å². The first-order valence-corrected chi connectivity index (χ1v) is 10.1. The molecular formula is C20H18Br2FNO4. The fourth-order valence-corrected chi connectivity index (χ4v) is 4.01. The highest BCUT2D eigenvalue weighted by atomic mass is 79.9. The van der Waals surface area contributed by atoms with Gasteiger partial charge in [-0.1, -0.05) is 0 Å². The zero-order valence-electron chi connectivity index (χ0n) is 15.3. The van der Waals surface area contributed by atoms with Crippen LogP contribution in [0.15, 0.2) is 39.3 Å². The normalized spacial score (nSPS) is 20.1. The van der Waals surface area contributed by atoms with E-state index in [1.54, 1.807) is 26.0 Å². The number of ketones is 1. The molecule has 2 N–H and O–H groups in total. The number of fused-ring (bicyclic) bond motifs is 1. The van der Waals surface area contributed by atoms with Crippen molar-refractivity contribution in [2.24, 2.45) is 0 Å². The predicted molar refractivity (Wildman–Crippen MR) is 109 cm³/mol. The molecule has 0 aromatic heterocycles. The second-order valence-electron chi connectivity index (χ2n) is 7.16. The molecule has 1 aliphatic heterocycles. The molecule has 0 radical (unpaired) electrons. The third-order valence-corrected chi connectivity index (χ3v) is 5.87. The molecule has 0 aliphatic carbocycles. The summed E-state index contributed by atoms with van der Waals surface area (Å²) in [5.41, 5.74) is 0.146. The topological polar surface area (TPSA) is 75.6 Å². The highest BCUT2D eigenvalue weighted by molar-refractivity contribution is 9.10. The molecule has 28 heavy (non-hydrogen) atoms. The lowest BCUT2D eigenvalue weighted by atomic mass is 9.85. The monoisotopic (exact) mass is 513 g/mol. The number of nitrogens with one attached hydrogen (secondary N) is 1. The van der Waals surface area contributed by atoms with Crippen molar-refractivity contribution in [1.82, 2.24) is 5.32 Å². The summed E-state index contributed by atoms with van der Waals surface area (Å²) in [4.78, 5) is 24.6. The van der Waals surface area contributed by atoms with Crippen LogP contribution in [0, 0.1) is 5.82 Å². The molecular weight excluding hydrogens is 497 g/mol. The van der Waals surface area contributed by atoms with Gasteiger partial charge in [-0.2, -0.15) is 0 Å². The first kappa shape index (κ1) is 21.0. The lowest BCUT2D eigenvalue weighted by molar-refractivity contribution is -0.0632. The first-order chi connectivity index (χ1) is 13.0. The van der Waals surface area contributed by atoms with E-state index in [9.17, 15) is 19.1 Å². The predicted octanol–water partition coefficient (Wildman–Crippen LogP) is 4.56. The Morgan fingerprint density at radius 1 is 1.14 bits per heavy atom. The van der Waals surface area contributed by atoms with Crippen molar-refractivity contribution in [2.45, 2.75) is 38.5 Å². The van der Waals surface area contributed by atoms with Crippen LogP contribution < -0.4 is 10.1 Å². The van der Waals surface area contributed by atoms with E-state index in [1.165, 1.54) is 25.1 Å². The molecule has 2 aromatic carbocycles. The van der Waals surface area contributed by atoms with Gasteiger partial charge in [0.25, 0.3) is 5.91 Å². The molecule has 0 saturated heterocycles. The van der Waals surface area contributed by atoms with Gasteiger partial charge in [0.15, 0.2) is 5.78 Å². The van der Waals surface area contributed by atoms with E-state index in [4.69, 9.17) is 4.74 Å². The maximum Gasteiger partial charge on any atom is 0.251 e. The maximum atomic E-state index is 13.5. The molecule has 3 rings (SSSR count). The van der Waals surface area contributed by atoms with Crippen molar-refractivity contribution in [3.63, 3.8) is 0 Å². The summed E-state index contributed by atoms with van der Waals surface area (Å²) in [6.45, 7) is 4.85. The number of amides is 1. The van der Waals surface area contributed by atoms with Crippen LogP contribution in [0.1, 0.15) is 53.1 Å². The third kappa shape index (κ3) is 3.86. The van der Waals surface area contributed by atoms with Crippen LogP contribution in [0.3, 0.4) is 0 Å². The van der Waals surface area contributed by atoms with E-state index in [-0.39, 0.29) is 15.8 Å². The average Bonchev–Trinajstić information content (AvgIpc) is 2.61. The van der Waals surface area contributed by atoms with E-state index in [0.29, 0.717) is 21.3 Å². The second kappa shape index (κ2) is 7.57. The molecule has 1 aliphatic rings. The smallest absolute Gasteiger partial charge is 0.251 e. The van der Waals surface area contributed by atoms with E-state index >= 15 is 0 Å². The molecule has 0 bridgehead atoms. The number of hydrogen-bond acceptors (Lipinski definition) is 4. The minimum absolute atomic E-state index is 0.157. The molecule has 0 fully saturated rings. The van der Waals surface area contributed by atoms with Crippen LogP contribution in [0.2, 0.25) is 0 Å². The zero-order chi connectivity index (χ0) is 20.8. The van der Waals surface area contributed by atoms with Gasteiger partial charge in [0.05, 0.1) is 15.0 Å². The molecule has 148 valence electrons. The molecule has 8 heteroatoms. The molecule has 1 heterocycles. The quantitative estimate of drug-likeness (QED) is 0.589. The van der Waals surface area contributed by atoms with Gasteiger partial charge in [-0.15, -0.1) is 0 Å².